The van der Waals surface area contributed by atoms with E-state index in [0.29, 0.717) is 52.4 Å². The van der Waals surface area contributed by atoms with Crippen molar-refractivity contribution in [3.05, 3.63) is 108 Å². The monoisotopic (exact) mass is 609 g/mol. The lowest BCUT2D eigenvalue weighted by Crippen LogP contribution is -2.46. The van der Waals surface area contributed by atoms with Crippen LogP contribution in [0.25, 0.3) is 10.9 Å². The number of carbonyl (C=O) groups is 2. The van der Waals surface area contributed by atoms with Crippen molar-refractivity contribution >= 4 is 34.1 Å². The van der Waals surface area contributed by atoms with Crippen molar-refractivity contribution in [2.75, 3.05) is 12.4 Å². The number of hydrogen-bond donors (Lipinski definition) is 3. The molecule has 5 aromatic rings. The van der Waals surface area contributed by atoms with Crippen LogP contribution in [0.2, 0.25) is 0 Å². The fourth-order valence-electron chi connectivity index (χ4n) is 4.63. The average Bonchev–Trinajstić information content (AvgIpc) is 3.83. The van der Waals surface area contributed by atoms with Gasteiger partial charge < -0.3 is 24.8 Å². The maximum Gasteiger partial charge on any atom is 0.252 e. The van der Waals surface area contributed by atoms with Gasteiger partial charge in [-0.1, -0.05) is 0 Å². The number of anilines is 1. The molecule has 12 heteroatoms. The summed E-state index contributed by atoms with van der Waals surface area (Å²) in [5.41, 5.74) is 7.37. The Balaban J connectivity index is 1.18. The maximum atomic E-state index is 15.3. The van der Waals surface area contributed by atoms with Crippen LogP contribution in [0, 0.1) is 17.2 Å². The van der Waals surface area contributed by atoms with Gasteiger partial charge in [0, 0.05) is 35.0 Å². The summed E-state index contributed by atoms with van der Waals surface area (Å²) < 4.78 is 45.9. The van der Waals surface area contributed by atoms with Crippen LogP contribution in [0.3, 0.4) is 0 Å². The molecule has 1 aliphatic rings. The standard InChI is InChI=1S/C33H25F2N5O5/c1-43-29-18-26-24(17-30(29)44-23-9-6-21(40-36)7-10-23)27(12-15-37-26)45-28-11-8-22(16-25(28)35)38-32(42)33(13-14-33)39-31(41)19-2-4-20(34)5-3-19/h2-12,15-18,36H,13-14H2,1H3,(H,38,42)(H,39,41). The Morgan fingerprint density at radius 3 is 2.29 bits per heavy atom. The Labute approximate surface area is 255 Å². The molecule has 0 spiro atoms. The quantitative estimate of drug-likeness (QED) is 0.139. The predicted octanol–water partition coefficient (Wildman–Crippen LogP) is 7.67. The van der Waals surface area contributed by atoms with Crippen molar-refractivity contribution in [1.82, 2.24) is 10.3 Å². The van der Waals surface area contributed by atoms with E-state index in [1.807, 2.05) is 0 Å². The van der Waals surface area contributed by atoms with E-state index >= 15 is 4.39 Å². The smallest absolute Gasteiger partial charge is 0.252 e. The van der Waals surface area contributed by atoms with Crippen molar-refractivity contribution in [2.45, 2.75) is 18.4 Å². The molecule has 1 aromatic heterocycles. The number of nitrogens with zero attached hydrogens (tertiary/aromatic N) is 2. The molecular formula is C33H25F2N5O5. The lowest BCUT2D eigenvalue weighted by atomic mass is 10.1. The summed E-state index contributed by atoms with van der Waals surface area (Å²) in [5, 5.41) is 9.26. The van der Waals surface area contributed by atoms with E-state index in [-0.39, 0.29) is 17.0 Å². The van der Waals surface area contributed by atoms with Crippen molar-refractivity contribution in [3.8, 4) is 28.7 Å². The van der Waals surface area contributed by atoms with E-state index in [2.05, 4.69) is 20.7 Å². The third-order valence-corrected chi connectivity index (χ3v) is 7.23. The summed E-state index contributed by atoms with van der Waals surface area (Å²) in [6, 6.07) is 20.5. The third-order valence-electron chi connectivity index (χ3n) is 7.23. The zero-order valence-corrected chi connectivity index (χ0v) is 23.8. The van der Waals surface area contributed by atoms with Gasteiger partial charge in [-0.2, -0.15) is 5.11 Å². The molecule has 0 radical (unpaired) electrons. The molecule has 1 heterocycles. The Hall–Kier alpha value is -5.91. The van der Waals surface area contributed by atoms with Crippen molar-refractivity contribution in [2.24, 2.45) is 5.11 Å². The van der Waals surface area contributed by atoms with Gasteiger partial charge in [0.05, 0.1) is 18.3 Å². The molecule has 226 valence electrons. The summed E-state index contributed by atoms with van der Waals surface area (Å²) in [5.74, 6) is -0.751. The van der Waals surface area contributed by atoms with E-state index in [1.165, 1.54) is 37.6 Å². The van der Waals surface area contributed by atoms with Crippen LogP contribution in [-0.4, -0.2) is 29.4 Å². The van der Waals surface area contributed by atoms with Crippen LogP contribution in [-0.2, 0) is 4.79 Å². The normalized spacial score (nSPS) is 13.0. The highest BCUT2D eigenvalue weighted by atomic mass is 19.1. The number of rotatable bonds is 10. The highest BCUT2D eigenvalue weighted by Crippen LogP contribution is 2.40. The fourth-order valence-corrected chi connectivity index (χ4v) is 4.63. The molecule has 1 saturated carbocycles. The minimum atomic E-state index is -1.13. The highest BCUT2D eigenvalue weighted by Gasteiger charge is 2.51. The summed E-state index contributed by atoms with van der Waals surface area (Å²) in [7, 11) is 1.50. The van der Waals surface area contributed by atoms with E-state index in [4.69, 9.17) is 19.7 Å². The number of benzene rings is 4. The first kappa shape index (κ1) is 29.2. The second kappa shape index (κ2) is 12.0. The number of aromatic nitrogens is 1. The molecular weight excluding hydrogens is 584 g/mol. The van der Waals surface area contributed by atoms with Gasteiger partial charge >= 0.3 is 0 Å². The Kier molecular flexibility index (Phi) is 7.78. The fraction of sp³-hybridized carbons (Fsp3) is 0.121. The molecule has 1 aliphatic carbocycles. The molecule has 6 rings (SSSR count). The average molecular weight is 610 g/mol. The maximum absolute atomic E-state index is 15.3. The zero-order valence-electron chi connectivity index (χ0n) is 23.8. The van der Waals surface area contributed by atoms with Crippen molar-refractivity contribution in [1.29, 1.82) is 5.53 Å². The second-order valence-corrected chi connectivity index (χ2v) is 10.3. The number of carbonyl (C=O) groups excluding carboxylic acids is 2. The first-order chi connectivity index (χ1) is 21.8. The Morgan fingerprint density at radius 1 is 0.867 bits per heavy atom. The molecule has 0 aliphatic heterocycles. The van der Waals surface area contributed by atoms with E-state index in [9.17, 15) is 14.0 Å². The van der Waals surface area contributed by atoms with Gasteiger partial charge in [0.2, 0.25) is 5.91 Å². The van der Waals surface area contributed by atoms with Crippen LogP contribution < -0.4 is 24.8 Å². The number of ether oxygens (including phenoxy) is 3. The number of amides is 2. The second-order valence-electron chi connectivity index (χ2n) is 10.3. The summed E-state index contributed by atoms with van der Waals surface area (Å²) in [6.07, 6.45) is 2.34. The summed E-state index contributed by atoms with van der Waals surface area (Å²) in [6.45, 7) is 0. The van der Waals surface area contributed by atoms with Gasteiger partial charge in [-0.25, -0.2) is 14.3 Å². The van der Waals surface area contributed by atoms with Crippen LogP contribution >= 0.6 is 0 Å². The van der Waals surface area contributed by atoms with Gasteiger partial charge in [0.1, 0.15) is 22.9 Å². The van der Waals surface area contributed by atoms with Crippen LogP contribution in [0.15, 0.2) is 96.2 Å². The number of fused-ring (bicyclic) bond motifs is 1. The number of hydrogen-bond acceptors (Lipinski definition) is 8. The number of halogens is 2. The van der Waals surface area contributed by atoms with Gasteiger partial charge in [-0.15, -0.1) is 0 Å². The van der Waals surface area contributed by atoms with Gasteiger partial charge in [-0.05, 0) is 85.6 Å². The minimum Gasteiger partial charge on any atom is -0.493 e. The molecule has 0 saturated heterocycles. The first-order valence-electron chi connectivity index (χ1n) is 13.8. The molecule has 0 unspecified atom stereocenters. The van der Waals surface area contributed by atoms with Crippen molar-refractivity contribution in [3.63, 3.8) is 0 Å². The Bertz CT molecular complexity index is 1930. The van der Waals surface area contributed by atoms with Gasteiger partial charge in [0.25, 0.3) is 5.91 Å². The summed E-state index contributed by atoms with van der Waals surface area (Å²) >= 11 is 0. The number of nitrogens with one attached hydrogen (secondary N) is 3. The molecule has 0 bridgehead atoms. The predicted molar refractivity (Wildman–Crippen MR) is 161 cm³/mol. The largest absolute Gasteiger partial charge is 0.493 e. The molecule has 0 atom stereocenters. The SMILES string of the molecule is COc1cc2nccc(Oc3ccc(NC(=O)C4(NC(=O)c5ccc(F)cc5)CC4)cc3F)c2cc1Oc1ccc(N=N)cc1. The van der Waals surface area contributed by atoms with Crippen LogP contribution in [0.5, 0.6) is 28.7 Å². The molecule has 45 heavy (non-hydrogen) atoms. The lowest BCUT2D eigenvalue weighted by Gasteiger charge is -2.18. The van der Waals surface area contributed by atoms with Gasteiger partial charge in [0.15, 0.2) is 23.1 Å². The van der Waals surface area contributed by atoms with Crippen molar-refractivity contribution < 1.29 is 32.6 Å². The molecule has 3 N–H and O–H groups in total. The lowest BCUT2D eigenvalue weighted by molar-refractivity contribution is -0.118. The van der Waals surface area contributed by atoms with Crippen LogP contribution in [0.4, 0.5) is 20.2 Å². The molecule has 2 amide bonds. The van der Waals surface area contributed by atoms with E-state index < -0.39 is 29.0 Å². The Morgan fingerprint density at radius 2 is 1.62 bits per heavy atom. The third kappa shape index (κ3) is 6.25. The van der Waals surface area contributed by atoms with Gasteiger partial charge in [-0.3, -0.25) is 14.6 Å². The number of methoxy groups -OCH3 is 1. The number of pyridine rings is 1. The zero-order chi connectivity index (χ0) is 31.6. The molecule has 10 nitrogen and oxygen atoms in total. The molecule has 4 aromatic carbocycles. The van der Waals surface area contributed by atoms with E-state index in [1.54, 1.807) is 42.5 Å². The highest BCUT2D eigenvalue weighted by molar-refractivity contribution is 6.05. The topological polar surface area (TPSA) is 135 Å². The van der Waals surface area contributed by atoms with Crippen LogP contribution in [0.1, 0.15) is 23.2 Å². The molecule has 1 fully saturated rings. The first-order valence-corrected chi connectivity index (χ1v) is 13.8. The minimum absolute atomic E-state index is 0.0979. The van der Waals surface area contributed by atoms with E-state index in [0.717, 1.165) is 18.2 Å². The summed E-state index contributed by atoms with van der Waals surface area (Å²) in [4.78, 5) is 30.0.